The van der Waals surface area contributed by atoms with Gasteiger partial charge in [0.25, 0.3) is 11.8 Å². The standard InChI is InChI=1S/C30H23F2N3O4/c31-21-12-16-23(17-13-21)34-29(37)26-27(39-30(38)35(26)18-19-6-2-1-3-7-19)20-10-14-22(15-11-20)33-28(36)24-8-4-5-9-25(24)32/h1-17,26-27H,18H2,(H,33,36)(H,34,37)/t26-,27-/m1/s1. The Morgan fingerprint density at radius 2 is 1.38 bits per heavy atom. The van der Waals surface area contributed by atoms with Crippen molar-refractivity contribution in [3.8, 4) is 0 Å². The van der Waals surface area contributed by atoms with Crippen LogP contribution in [0.5, 0.6) is 0 Å². The molecule has 4 aromatic carbocycles. The molecule has 1 aliphatic rings. The summed E-state index contributed by atoms with van der Waals surface area (Å²) in [4.78, 5) is 40.2. The average Bonchev–Trinajstić information content (AvgIpc) is 3.26. The molecule has 1 heterocycles. The van der Waals surface area contributed by atoms with Crippen LogP contribution in [0.25, 0.3) is 0 Å². The average molecular weight is 528 g/mol. The minimum absolute atomic E-state index is 0.0969. The van der Waals surface area contributed by atoms with Gasteiger partial charge in [-0.15, -0.1) is 0 Å². The van der Waals surface area contributed by atoms with E-state index in [1.165, 1.54) is 47.4 Å². The van der Waals surface area contributed by atoms with E-state index in [2.05, 4.69) is 10.6 Å². The number of cyclic esters (lactones) is 1. The fourth-order valence-electron chi connectivity index (χ4n) is 4.34. The van der Waals surface area contributed by atoms with Gasteiger partial charge in [-0.2, -0.15) is 0 Å². The molecule has 1 saturated heterocycles. The lowest BCUT2D eigenvalue weighted by Gasteiger charge is -2.24. The first-order valence-electron chi connectivity index (χ1n) is 12.1. The lowest BCUT2D eigenvalue weighted by atomic mass is 10.00. The van der Waals surface area contributed by atoms with Crippen molar-refractivity contribution in [3.63, 3.8) is 0 Å². The number of anilines is 2. The van der Waals surface area contributed by atoms with Crippen molar-refractivity contribution in [2.75, 3.05) is 10.6 Å². The van der Waals surface area contributed by atoms with Gasteiger partial charge < -0.3 is 15.4 Å². The minimum Gasteiger partial charge on any atom is -0.438 e. The monoisotopic (exact) mass is 527 g/mol. The molecule has 196 valence electrons. The van der Waals surface area contributed by atoms with Crippen LogP contribution in [0.15, 0.2) is 103 Å². The Labute approximate surface area is 223 Å². The molecule has 0 aliphatic carbocycles. The van der Waals surface area contributed by atoms with Gasteiger partial charge in [0.2, 0.25) is 0 Å². The molecule has 7 nitrogen and oxygen atoms in total. The molecule has 9 heteroatoms. The number of amides is 3. The molecule has 0 radical (unpaired) electrons. The van der Waals surface area contributed by atoms with E-state index in [1.54, 1.807) is 30.3 Å². The molecule has 1 fully saturated rings. The third kappa shape index (κ3) is 5.77. The second-order valence-corrected chi connectivity index (χ2v) is 8.91. The molecule has 5 rings (SSSR count). The third-order valence-corrected chi connectivity index (χ3v) is 6.28. The summed E-state index contributed by atoms with van der Waals surface area (Å²) < 4.78 is 33.0. The fraction of sp³-hybridized carbons (Fsp3) is 0.100. The molecule has 0 saturated carbocycles. The van der Waals surface area contributed by atoms with Gasteiger partial charge in [-0.3, -0.25) is 14.5 Å². The highest BCUT2D eigenvalue weighted by Gasteiger charge is 2.47. The quantitative estimate of drug-likeness (QED) is 0.313. The van der Waals surface area contributed by atoms with Crippen molar-refractivity contribution in [3.05, 3.63) is 131 Å². The number of carbonyl (C=O) groups is 3. The molecule has 1 aliphatic heterocycles. The number of halogens is 2. The summed E-state index contributed by atoms with van der Waals surface area (Å²) in [6, 6.07) is 25.5. The van der Waals surface area contributed by atoms with Crippen molar-refractivity contribution in [1.82, 2.24) is 4.90 Å². The SMILES string of the molecule is O=C(Nc1ccc([C@H]2OC(=O)N(Cc3ccccc3)[C@H]2C(=O)Nc2ccc(F)cc2)cc1)c1ccccc1F. The zero-order valence-electron chi connectivity index (χ0n) is 20.5. The highest BCUT2D eigenvalue weighted by atomic mass is 19.1. The van der Waals surface area contributed by atoms with Crippen molar-refractivity contribution in [1.29, 1.82) is 0 Å². The number of hydrogen-bond donors (Lipinski definition) is 2. The second kappa shape index (κ2) is 11.1. The summed E-state index contributed by atoms with van der Waals surface area (Å²) in [5, 5.41) is 5.37. The van der Waals surface area contributed by atoms with Crippen LogP contribution in [0.4, 0.5) is 25.0 Å². The number of rotatable bonds is 7. The minimum atomic E-state index is -1.04. The van der Waals surface area contributed by atoms with Gasteiger partial charge in [0.05, 0.1) is 12.1 Å². The van der Waals surface area contributed by atoms with Crippen LogP contribution in [0.3, 0.4) is 0 Å². The van der Waals surface area contributed by atoms with Gasteiger partial charge in [0.15, 0.2) is 12.1 Å². The third-order valence-electron chi connectivity index (χ3n) is 6.28. The molecule has 0 aromatic heterocycles. The van der Waals surface area contributed by atoms with Gasteiger partial charge in [0.1, 0.15) is 11.6 Å². The van der Waals surface area contributed by atoms with E-state index < -0.39 is 41.7 Å². The Morgan fingerprint density at radius 3 is 2.08 bits per heavy atom. The van der Waals surface area contributed by atoms with Crippen LogP contribution < -0.4 is 10.6 Å². The Hall–Kier alpha value is -5.05. The maximum atomic E-state index is 14.0. The fourth-order valence-corrected chi connectivity index (χ4v) is 4.34. The Morgan fingerprint density at radius 1 is 0.769 bits per heavy atom. The Bertz CT molecular complexity index is 1500. The zero-order chi connectivity index (χ0) is 27.4. The molecule has 0 unspecified atom stereocenters. The molecule has 4 aromatic rings. The van der Waals surface area contributed by atoms with Crippen molar-refractivity contribution in [2.24, 2.45) is 0 Å². The van der Waals surface area contributed by atoms with Gasteiger partial charge >= 0.3 is 6.09 Å². The zero-order valence-corrected chi connectivity index (χ0v) is 20.5. The number of nitrogens with zero attached hydrogens (tertiary/aromatic N) is 1. The van der Waals surface area contributed by atoms with Gasteiger partial charge in [0, 0.05) is 11.4 Å². The summed E-state index contributed by atoms with van der Waals surface area (Å²) in [5.74, 6) is -2.21. The lowest BCUT2D eigenvalue weighted by Crippen LogP contribution is -2.43. The number of benzene rings is 4. The van der Waals surface area contributed by atoms with Crippen molar-refractivity contribution >= 4 is 29.3 Å². The predicted octanol–water partition coefficient (Wildman–Crippen LogP) is 5.92. The van der Waals surface area contributed by atoms with E-state index in [4.69, 9.17) is 4.74 Å². The molecule has 39 heavy (non-hydrogen) atoms. The van der Waals surface area contributed by atoms with E-state index in [9.17, 15) is 23.2 Å². The molecular formula is C30H23F2N3O4. The van der Waals surface area contributed by atoms with E-state index in [0.717, 1.165) is 5.56 Å². The molecular weight excluding hydrogens is 504 g/mol. The van der Waals surface area contributed by atoms with Crippen LogP contribution in [0, 0.1) is 11.6 Å². The normalized spacial score (nSPS) is 16.5. The highest BCUT2D eigenvalue weighted by molar-refractivity contribution is 6.04. The van der Waals surface area contributed by atoms with E-state index in [0.29, 0.717) is 16.9 Å². The number of carbonyl (C=O) groups excluding carboxylic acids is 3. The van der Waals surface area contributed by atoms with Crippen LogP contribution in [0.1, 0.15) is 27.6 Å². The van der Waals surface area contributed by atoms with Crippen LogP contribution in [-0.4, -0.2) is 28.8 Å². The molecule has 0 bridgehead atoms. The molecule has 2 N–H and O–H groups in total. The van der Waals surface area contributed by atoms with Gasteiger partial charge in [-0.25, -0.2) is 13.6 Å². The maximum Gasteiger partial charge on any atom is 0.411 e. The number of hydrogen-bond acceptors (Lipinski definition) is 4. The first kappa shape index (κ1) is 25.6. The number of ether oxygens (including phenoxy) is 1. The number of nitrogens with one attached hydrogen (secondary N) is 2. The largest absolute Gasteiger partial charge is 0.438 e. The van der Waals surface area contributed by atoms with E-state index >= 15 is 0 Å². The molecule has 3 amide bonds. The topological polar surface area (TPSA) is 87.7 Å². The van der Waals surface area contributed by atoms with E-state index in [1.807, 2.05) is 30.3 Å². The summed E-state index contributed by atoms with van der Waals surface area (Å²) in [5.41, 5.74) is 1.98. The first-order valence-corrected chi connectivity index (χ1v) is 12.1. The second-order valence-electron chi connectivity index (χ2n) is 8.91. The lowest BCUT2D eigenvalue weighted by molar-refractivity contribution is -0.121. The van der Waals surface area contributed by atoms with Crippen LogP contribution in [0.2, 0.25) is 0 Å². The van der Waals surface area contributed by atoms with Gasteiger partial charge in [-0.1, -0.05) is 54.6 Å². The van der Waals surface area contributed by atoms with E-state index in [-0.39, 0.29) is 12.1 Å². The first-order chi connectivity index (χ1) is 18.9. The van der Waals surface area contributed by atoms with Crippen molar-refractivity contribution in [2.45, 2.75) is 18.7 Å². The summed E-state index contributed by atoms with van der Waals surface area (Å²) >= 11 is 0. The molecule has 0 spiro atoms. The smallest absolute Gasteiger partial charge is 0.411 e. The Balaban J connectivity index is 1.39. The predicted molar refractivity (Wildman–Crippen MR) is 141 cm³/mol. The van der Waals surface area contributed by atoms with Gasteiger partial charge in [-0.05, 0) is 59.7 Å². The van der Waals surface area contributed by atoms with Crippen molar-refractivity contribution < 1.29 is 27.9 Å². The molecule has 2 atom stereocenters. The maximum absolute atomic E-state index is 14.0. The van der Waals surface area contributed by atoms with Crippen LogP contribution in [-0.2, 0) is 16.1 Å². The Kier molecular flexibility index (Phi) is 7.31. The highest BCUT2D eigenvalue weighted by Crippen LogP contribution is 2.35. The summed E-state index contributed by atoms with van der Waals surface area (Å²) in [7, 11) is 0. The summed E-state index contributed by atoms with van der Waals surface area (Å²) in [6.07, 6.45) is -1.63. The van der Waals surface area contributed by atoms with Crippen LogP contribution >= 0.6 is 0 Å². The summed E-state index contributed by atoms with van der Waals surface area (Å²) in [6.45, 7) is 0.133.